The van der Waals surface area contributed by atoms with E-state index in [9.17, 15) is 9.90 Å². The predicted octanol–water partition coefficient (Wildman–Crippen LogP) is 2.19. The van der Waals surface area contributed by atoms with E-state index in [0.29, 0.717) is 10.4 Å². The number of aliphatic hydroxyl groups excluding tert-OH is 1. The van der Waals surface area contributed by atoms with Crippen LogP contribution in [0.25, 0.3) is 0 Å². The molecule has 3 aliphatic rings. The van der Waals surface area contributed by atoms with Crippen molar-refractivity contribution in [3.05, 3.63) is 11.6 Å². The van der Waals surface area contributed by atoms with Crippen molar-refractivity contribution in [2.24, 2.45) is 11.3 Å². The molecular weight excluding hydrogens is 324 g/mol. The van der Waals surface area contributed by atoms with Crippen molar-refractivity contribution in [1.29, 1.82) is 0 Å². The van der Waals surface area contributed by atoms with Crippen LogP contribution < -0.4 is 0 Å². The molecule has 0 radical (unpaired) electrons. The lowest BCUT2D eigenvalue weighted by Crippen LogP contribution is -2.57. The molecule has 5 atom stereocenters. The minimum absolute atomic E-state index is 0.0565. The van der Waals surface area contributed by atoms with Gasteiger partial charge < -0.3 is 14.6 Å². The van der Waals surface area contributed by atoms with Crippen molar-refractivity contribution in [3.8, 4) is 0 Å². The van der Waals surface area contributed by atoms with Gasteiger partial charge in [0.2, 0.25) is 0 Å². The molecule has 1 saturated carbocycles. The average molecular weight is 345 g/mol. The van der Waals surface area contributed by atoms with E-state index in [1.807, 2.05) is 0 Å². The first-order valence-corrected chi connectivity index (χ1v) is 8.06. The third-order valence-electron chi connectivity index (χ3n) is 5.21. The minimum atomic E-state index is -0.694. The number of carbonyl (C=O) groups is 1. The van der Waals surface area contributed by atoms with Gasteiger partial charge in [0, 0.05) is 10.7 Å². The summed E-state index contributed by atoms with van der Waals surface area (Å²) >= 11 is 3.74. The van der Waals surface area contributed by atoms with Crippen LogP contribution in [0.2, 0.25) is 0 Å². The molecule has 1 saturated heterocycles. The second kappa shape index (κ2) is 4.55. The Morgan fingerprint density at radius 1 is 1.40 bits per heavy atom. The molecule has 0 amide bonds. The van der Waals surface area contributed by atoms with E-state index in [0.717, 1.165) is 12.8 Å². The van der Waals surface area contributed by atoms with Crippen LogP contribution in [0.1, 0.15) is 33.6 Å². The maximum Gasteiger partial charge on any atom is 0.336 e. The molecule has 2 aliphatic heterocycles. The summed E-state index contributed by atoms with van der Waals surface area (Å²) in [4.78, 5) is 12.1. The zero-order valence-corrected chi connectivity index (χ0v) is 13.6. The fourth-order valence-electron chi connectivity index (χ4n) is 4.19. The molecule has 4 nitrogen and oxygen atoms in total. The molecule has 0 aromatic carbocycles. The van der Waals surface area contributed by atoms with E-state index < -0.39 is 11.7 Å². The molecular formula is C15H21BrO4. The molecule has 5 heteroatoms. The first kappa shape index (κ1) is 14.5. The molecule has 2 heterocycles. The van der Waals surface area contributed by atoms with Gasteiger partial charge >= 0.3 is 5.97 Å². The smallest absolute Gasteiger partial charge is 0.336 e. The molecule has 20 heavy (non-hydrogen) atoms. The molecule has 0 bridgehead atoms. The molecule has 112 valence electrons. The van der Waals surface area contributed by atoms with Gasteiger partial charge in [-0.2, -0.15) is 0 Å². The zero-order chi connectivity index (χ0) is 14.7. The summed E-state index contributed by atoms with van der Waals surface area (Å²) in [5.41, 5.74) is -0.0779. The average Bonchev–Trinajstić information content (AvgIpc) is 2.60. The molecule has 3 rings (SSSR count). The summed E-state index contributed by atoms with van der Waals surface area (Å²) in [6, 6.07) is 0. The Hall–Kier alpha value is -0.390. The Morgan fingerprint density at radius 3 is 2.80 bits per heavy atom. The Balaban J connectivity index is 2.05. The van der Waals surface area contributed by atoms with E-state index in [1.165, 1.54) is 0 Å². The van der Waals surface area contributed by atoms with Crippen LogP contribution in [-0.2, 0) is 14.3 Å². The number of hydrogen-bond acceptors (Lipinski definition) is 4. The van der Waals surface area contributed by atoms with Crippen molar-refractivity contribution >= 4 is 21.9 Å². The Bertz CT molecular complexity index is 472. The number of esters is 1. The number of alkyl halides is 1. The Morgan fingerprint density at radius 2 is 2.10 bits per heavy atom. The SMILES string of the molecule is CC1(C)C2[C@H](O)C=C3C(=O)OCC3O[C@@]2(C)CC[C@@H]1Br. The van der Waals surface area contributed by atoms with E-state index in [-0.39, 0.29) is 30.0 Å². The van der Waals surface area contributed by atoms with Crippen molar-refractivity contribution in [1.82, 2.24) is 0 Å². The monoisotopic (exact) mass is 344 g/mol. The van der Waals surface area contributed by atoms with Gasteiger partial charge in [-0.1, -0.05) is 29.8 Å². The highest BCUT2D eigenvalue weighted by molar-refractivity contribution is 9.09. The number of halogens is 1. The highest BCUT2D eigenvalue weighted by Gasteiger charge is 2.57. The van der Waals surface area contributed by atoms with Crippen LogP contribution >= 0.6 is 15.9 Å². The van der Waals surface area contributed by atoms with Crippen LogP contribution in [0.15, 0.2) is 11.6 Å². The maximum atomic E-state index is 11.8. The number of fused-ring (bicyclic) bond motifs is 2. The maximum absolute atomic E-state index is 11.8. The van der Waals surface area contributed by atoms with Crippen molar-refractivity contribution in [3.63, 3.8) is 0 Å². The molecule has 0 aromatic rings. The van der Waals surface area contributed by atoms with Gasteiger partial charge in [-0.05, 0) is 31.3 Å². The first-order valence-electron chi connectivity index (χ1n) is 7.14. The second-order valence-electron chi connectivity index (χ2n) is 6.94. The second-order valence-corrected chi connectivity index (χ2v) is 8.04. The van der Waals surface area contributed by atoms with Gasteiger partial charge in [0.25, 0.3) is 0 Å². The lowest BCUT2D eigenvalue weighted by molar-refractivity contribution is -0.173. The van der Waals surface area contributed by atoms with Crippen molar-refractivity contribution < 1.29 is 19.4 Å². The molecule has 2 unspecified atom stereocenters. The van der Waals surface area contributed by atoms with Gasteiger partial charge in [0.05, 0.1) is 17.3 Å². The number of aliphatic hydroxyl groups is 1. The predicted molar refractivity (Wildman–Crippen MR) is 77.5 cm³/mol. The number of cyclic esters (lactones) is 1. The normalized spacial score (nSPS) is 46.9. The van der Waals surface area contributed by atoms with Gasteiger partial charge in [-0.15, -0.1) is 0 Å². The van der Waals surface area contributed by atoms with E-state index in [1.54, 1.807) is 6.08 Å². The molecule has 1 aliphatic carbocycles. The van der Waals surface area contributed by atoms with E-state index in [4.69, 9.17) is 9.47 Å². The van der Waals surface area contributed by atoms with Gasteiger partial charge in [0.1, 0.15) is 12.7 Å². The van der Waals surface area contributed by atoms with Gasteiger partial charge in [-0.3, -0.25) is 0 Å². The summed E-state index contributed by atoms with van der Waals surface area (Å²) in [7, 11) is 0. The quantitative estimate of drug-likeness (QED) is 0.540. The summed E-state index contributed by atoms with van der Waals surface area (Å²) < 4.78 is 11.3. The third kappa shape index (κ3) is 1.97. The summed E-state index contributed by atoms with van der Waals surface area (Å²) in [6.07, 6.45) is 2.47. The molecule has 1 N–H and O–H groups in total. The minimum Gasteiger partial charge on any atom is -0.459 e. The van der Waals surface area contributed by atoms with Crippen LogP contribution in [0.3, 0.4) is 0 Å². The summed E-state index contributed by atoms with van der Waals surface area (Å²) in [5, 5.41) is 10.7. The Kier molecular flexibility index (Phi) is 3.31. The highest BCUT2D eigenvalue weighted by Crippen LogP contribution is 2.54. The van der Waals surface area contributed by atoms with Gasteiger partial charge in [-0.25, -0.2) is 4.79 Å². The highest BCUT2D eigenvalue weighted by atomic mass is 79.9. The van der Waals surface area contributed by atoms with E-state index in [2.05, 4.69) is 36.7 Å². The first-order chi connectivity index (χ1) is 9.25. The van der Waals surface area contributed by atoms with Crippen molar-refractivity contribution in [2.75, 3.05) is 6.61 Å². The standard InChI is InChI=1S/C15H21BrO4/c1-14(2)11(16)4-5-15(3)12(14)9(17)6-8-10(20-15)7-19-13(8)18/h6,9-12,17H,4-5,7H2,1-3H3/t9-,10?,11+,12?,15+/m1/s1. The fourth-order valence-corrected chi connectivity index (χ4v) is 4.70. The summed E-state index contributed by atoms with van der Waals surface area (Å²) in [6.45, 7) is 6.62. The zero-order valence-electron chi connectivity index (χ0n) is 12.1. The number of rotatable bonds is 0. The van der Waals surface area contributed by atoms with Crippen LogP contribution in [-0.4, -0.2) is 40.3 Å². The van der Waals surface area contributed by atoms with Crippen LogP contribution in [0, 0.1) is 11.3 Å². The van der Waals surface area contributed by atoms with Crippen LogP contribution in [0.4, 0.5) is 0 Å². The lowest BCUT2D eigenvalue weighted by atomic mass is 9.59. The fraction of sp³-hybridized carbons (Fsp3) is 0.800. The van der Waals surface area contributed by atoms with E-state index >= 15 is 0 Å². The van der Waals surface area contributed by atoms with Crippen LogP contribution in [0.5, 0.6) is 0 Å². The molecule has 2 fully saturated rings. The third-order valence-corrected chi connectivity index (χ3v) is 6.85. The lowest BCUT2D eigenvalue weighted by Gasteiger charge is -2.53. The largest absolute Gasteiger partial charge is 0.459 e. The topological polar surface area (TPSA) is 55.8 Å². The number of carbonyl (C=O) groups excluding carboxylic acids is 1. The number of ether oxygens (including phenoxy) is 2. The summed E-state index contributed by atoms with van der Waals surface area (Å²) in [5.74, 6) is -0.413. The Labute approximate surface area is 127 Å². The van der Waals surface area contributed by atoms with Crippen molar-refractivity contribution in [2.45, 2.75) is 56.2 Å². The molecule has 0 spiro atoms. The number of hydrogen-bond donors (Lipinski definition) is 1. The molecule has 0 aromatic heterocycles. The van der Waals surface area contributed by atoms with Gasteiger partial charge in [0.15, 0.2) is 0 Å².